The first-order valence-electron chi connectivity index (χ1n) is 3.18. The lowest BCUT2D eigenvalue weighted by Gasteiger charge is -2.01. The van der Waals surface area contributed by atoms with E-state index in [4.69, 9.17) is 11.6 Å². The van der Waals surface area contributed by atoms with E-state index in [9.17, 15) is 9.18 Å². The van der Waals surface area contributed by atoms with Gasteiger partial charge in [0.05, 0.1) is 5.02 Å². The number of hydrogen-bond acceptors (Lipinski definition) is 1. The van der Waals surface area contributed by atoms with E-state index < -0.39 is 5.82 Å². The van der Waals surface area contributed by atoms with Crippen LogP contribution in [0.5, 0.6) is 0 Å². The van der Waals surface area contributed by atoms with Crippen LogP contribution < -0.4 is 0 Å². The molecule has 0 heterocycles. The van der Waals surface area contributed by atoms with Gasteiger partial charge in [0, 0.05) is 10.0 Å². The predicted molar refractivity (Wildman–Crippen MR) is 49.1 cm³/mol. The number of ketones is 1. The molecule has 0 aromatic heterocycles. The van der Waals surface area contributed by atoms with E-state index in [0.29, 0.717) is 4.47 Å². The summed E-state index contributed by atoms with van der Waals surface area (Å²) >= 11 is 8.72. The highest BCUT2D eigenvalue weighted by molar-refractivity contribution is 9.10. The van der Waals surface area contributed by atoms with E-state index in [1.54, 1.807) is 0 Å². The van der Waals surface area contributed by atoms with E-state index >= 15 is 0 Å². The molecule has 0 saturated carbocycles. The highest BCUT2D eigenvalue weighted by Gasteiger charge is 2.10. The maximum absolute atomic E-state index is 12.7. The Morgan fingerprint density at radius 1 is 1.58 bits per heavy atom. The van der Waals surface area contributed by atoms with Crippen molar-refractivity contribution >= 4 is 33.3 Å². The predicted octanol–water partition coefficient (Wildman–Crippen LogP) is 3.44. The van der Waals surface area contributed by atoms with Crippen LogP contribution in [0.3, 0.4) is 0 Å². The molecule has 0 bridgehead atoms. The number of carbonyl (C=O) groups is 1. The van der Waals surface area contributed by atoms with Gasteiger partial charge in [0.1, 0.15) is 5.82 Å². The minimum absolute atomic E-state index is 0.209. The molecule has 0 aliphatic carbocycles. The van der Waals surface area contributed by atoms with Gasteiger partial charge in [0.15, 0.2) is 5.78 Å². The van der Waals surface area contributed by atoms with Crippen LogP contribution in [0.25, 0.3) is 0 Å². The number of carbonyl (C=O) groups excluding carboxylic acids is 1. The van der Waals surface area contributed by atoms with Crippen LogP contribution in [0.15, 0.2) is 16.6 Å². The Kier molecular flexibility index (Phi) is 2.85. The Labute approximate surface area is 82.7 Å². The molecule has 0 aliphatic heterocycles. The van der Waals surface area contributed by atoms with E-state index in [2.05, 4.69) is 15.9 Å². The lowest BCUT2D eigenvalue weighted by molar-refractivity contribution is 0.101. The second-order valence-corrected chi connectivity index (χ2v) is 3.51. The molecule has 1 aromatic rings. The van der Waals surface area contributed by atoms with Crippen molar-refractivity contribution in [1.82, 2.24) is 0 Å². The summed E-state index contributed by atoms with van der Waals surface area (Å²) in [7, 11) is 0. The maximum atomic E-state index is 12.7. The molecule has 0 spiro atoms. The van der Waals surface area contributed by atoms with Crippen LogP contribution in [0, 0.1) is 5.82 Å². The van der Waals surface area contributed by atoms with Crippen LogP contribution in [0.1, 0.15) is 17.3 Å². The zero-order valence-electron chi connectivity index (χ0n) is 6.20. The summed E-state index contributed by atoms with van der Waals surface area (Å²) in [6.07, 6.45) is 0. The molecule has 0 aliphatic rings. The lowest BCUT2D eigenvalue weighted by atomic mass is 10.1. The van der Waals surface area contributed by atoms with Crippen molar-refractivity contribution in [3.8, 4) is 0 Å². The third kappa shape index (κ3) is 1.84. The zero-order valence-corrected chi connectivity index (χ0v) is 8.54. The molecule has 0 unspecified atom stereocenters. The fourth-order valence-electron chi connectivity index (χ4n) is 0.812. The van der Waals surface area contributed by atoms with Gasteiger partial charge in [0.2, 0.25) is 0 Å². The third-order valence-electron chi connectivity index (χ3n) is 1.37. The van der Waals surface area contributed by atoms with Crippen LogP contribution in [0.4, 0.5) is 4.39 Å². The van der Waals surface area contributed by atoms with Gasteiger partial charge < -0.3 is 0 Å². The van der Waals surface area contributed by atoms with E-state index in [-0.39, 0.29) is 16.4 Å². The molecule has 0 saturated heterocycles. The van der Waals surface area contributed by atoms with E-state index in [1.807, 2.05) is 0 Å². The van der Waals surface area contributed by atoms with Gasteiger partial charge in [-0.1, -0.05) is 11.6 Å². The minimum atomic E-state index is -0.506. The summed E-state index contributed by atoms with van der Waals surface area (Å²) in [5.74, 6) is -0.725. The lowest BCUT2D eigenvalue weighted by Crippen LogP contribution is -1.95. The Bertz CT molecular complexity index is 338. The van der Waals surface area contributed by atoms with Gasteiger partial charge in [-0.3, -0.25) is 4.79 Å². The van der Waals surface area contributed by atoms with E-state index in [0.717, 1.165) is 12.1 Å². The molecule has 0 radical (unpaired) electrons. The summed E-state index contributed by atoms with van der Waals surface area (Å²) in [6.45, 7) is 1.36. The molecule has 1 rings (SSSR count). The first-order valence-corrected chi connectivity index (χ1v) is 4.35. The van der Waals surface area contributed by atoms with Crippen molar-refractivity contribution in [2.75, 3.05) is 0 Å². The average molecular weight is 251 g/mol. The largest absolute Gasteiger partial charge is 0.294 e. The van der Waals surface area contributed by atoms with Crippen molar-refractivity contribution in [2.24, 2.45) is 0 Å². The van der Waals surface area contributed by atoms with Crippen molar-refractivity contribution in [3.63, 3.8) is 0 Å². The van der Waals surface area contributed by atoms with Gasteiger partial charge in [-0.25, -0.2) is 4.39 Å². The summed E-state index contributed by atoms with van der Waals surface area (Å²) in [4.78, 5) is 10.9. The molecule has 1 nitrogen and oxygen atoms in total. The fourth-order valence-corrected chi connectivity index (χ4v) is 1.53. The zero-order chi connectivity index (χ0) is 9.30. The number of hydrogen-bond donors (Lipinski definition) is 0. The summed E-state index contributed by atoms with van der Waals surface area (Å²) in [5.41, 5.74) is 0.264. The smallest absolute Gasteiger partial charge is 0.161 e. The molecule has 0 amide bonds. The number of Topliss-reactive ketones (excluding diaryl/α,β-unsaturated/α-hetero) is 1. The third-order valence-corrected chi connectivity index (χ3v) is 2.75. The molecule has 12 heavy (non-hydrogen) atoms. The van der Waals surface area contributed by atoms with Gasteiger partial charge in [-0.15, -0.1) is 0 Å². The molecular formula is C8H5BrClFO. The molecule has 0 atom stereocenters. The first kappa shape index (κ1) is 9.68. The van der Waals surface area contributed by atoms with E-state index in [1.165, 1.54) is 6.92 Å². The van der Waals surface area contributed by atoms with Crippen LogP contribution >= 0.6 is 27.5 Å². The van der Waals surface area contributed by atoms with Crippen molar-refractivity contribution in [2.45, 2.75) is 6.92 Å². The van der Waals surface area contributed by atoms with Crippen LogP contribution in [-0.4, -0.2) is 5.78 Å². The topological polar surface area (TPSA) is 17.1 Å². The standard InChI is InChI=1S/C8H5BrClFO/c1-4(12)6-2-5(11)3-7(10)8(6)9/h2-3H,1H3. The Morgan fingerprint density at radius 2 is 2.17 bits per heavy atom. The molecule has 4 heteroatoms. The fraction of sp³-hybridized carbons (Fsp3) is 0.125. The monoisotopic (exact) mass is 250 g/mol. The quantitative estimate of drug-likeness (QED) is 0.552. The minimum Gasteiger partial charge on any atom is -0.294 e. The normalized spacial score (nSPS) is 10.0. The summed E-state index contributed by atoms with van der Waals surface area (Å²) in [5, 5.41) is 0.209. The Morgan fingerprint density at radius 3 is 2.67 bits per heavy atom. The first-order chi connectivity index (χ1) is 5.52. The number of benzene rings is 1. The Balaban J connectivity index is 3.37. The number of rotatable bonds is 1. The molecule has 1 aromatic carbocycles. The van der Waals surface area contributed by atoms with Crippen molar-refractivity contribution in [1.29, 1.82) is 0 Å². The van der Waals surface area contributed by atoms with Crippen LogP contribution in [0.2, 0.25) is 5.02 Å². The molecular weight excluding hydrogens is 246 g/mol. The number of halogens is 3. The second-order valence-electron chi connectivity index (χ2n) is 2.31. The summed E-state index contributed by atoms with van der Waals surface area (Å²) < 4.78 is 13.2. The van der Waals surface area contributed by atoms with Gasteiger partial charge in [0.25, 0.3) is 0 Å². The van der Waals surface area contributed by atoms with Crippen LogP contribution in [-0.2, 0) is 0 Å². The molecule has 0 N–H and O–H groups in total. The van der Waals surface area contributed by atoms with Gasteiger partial charge in [-0.2, -0.15) is 0 Å². The highest BCUT2D eigenvalue weighted by atomic mass is 79.9. The van der Waals surface area contributed by atoms with Gasteiger partial charge in [-0.05, 0) is 35.0 Å². The van der Waals surface area contributed by atoms with Crippen molar-refractivity contribution in [3.05, 3.63) is 33.0 Å². The van der Waals surface area contributed by atoms with Gasteiger partial charge >= 0.3 is 0 Å². The Hall–Kier alpha value is -0.410. The highest BCUT2D eigenvalue weighted by Crippen LogP contribution is 2.27. The average Bonchev–Trinajstić information content (AvgIpc) is 1.96. The molecule has 64 valence electrons. The second kappa shape index (κ2) is 3.54. The SMILES string of the molecule is CC(=O)c1cc(F)cc(Cl)c1Br. The summed E-state index contributed by atoms with van der Waals surface area (Å²) in [6, 6.07) is 2.30. The maximum Gasteiger partial charge on any atom is 0.161 e. The van der Waals surface area contributed by atoms with Crippen molar-refractivity contribution < 1.29 is 9.18 Å². The molecule has 0 fully saturated rings.